The average Bonchev–Trinajstić information content (AvgIpc) is 3.59. The fourth-order valence-corrected chi connectivity index (χ4v) is 9.07. The molecule has 1 aromatic carbocycles. The third-order valence-corrected chi connectivity index (χ3v) is 11.8. The van der Waals surface area contributed by atoms with Gasteiger partial charge in [-0.1, -0.05) is 43.2 Å². The molecule has 5 N–H and O–H groups in total. The maximum Gasteiger partial charge on any atom is 0.343 e. The second-order valence-corrected chi connectivity index (χ2v) is 14.6. The summed E-state index contributed by atoms with van der Waals surface area (Å²) in [5, 5.41) is 25.0. The number of ether oxygens (including phenoxy) is 1. The number of hydrogen-bond acceptors (Lipinski definition) is 10. The summed E-state index contributed by atoms with van der Waals surface area (Å²) in [6, 6.07) is 8.38. The zero-order valence-electron chi connectivity index (χ0n) is 21.2. The highest BCUT2D eigenvalue weighted by atomic mass is 32.2. The van der Waals surface area contributed by atoms with E-state index in [1.54, 1.807) is 37.3 Å². The molecule has 1 aliphatic carbocycles. The molecule has 2 aromatic heterocycles. The Morgan fingerprint density at radius 1 is 1.13 bits per heavy atom. The number of fused-ring (bicyclic) bond motifs is 1. The van der Waals surface area contributed by atoms with Crippen molar-refractivity contribution in [1.29, 1.82) is 0 Å². The minimum Gasteiger partial charge on any atom is -0.387 e. The first-order valence-electron chi connectivity index (χ1n) is 12.7. The summed E-state index contributed by atoms with van der Waals surface area (Å²) in [5.41, 5.74) is 1.21. The quantitative estimate of drug-likeness (QED) is 0.227. The van der Waals surface area contributed by atoms with Crippen LogP contribution >= 0.6 is 7.60 Å². The van der Waals surface area contributed by atoms with Crippen LogP contribution in [-0.2, 0) is 25.6 Å². The predicted octanol–water partition coefficient (Wildman–Crippen LogP) is 1.27. The second kappa shape index (κ2) is 10.8. The van der Waals surface area contributed by atoms with E-state index in [2.05, 4.69) is 20.3 Å². The van der Waals surface area contributed by atoms with Gasteiger partial charge in [-0.05, 0) is 25.3 Å². The van der Waals surface area contributed by atoms with Gasteiger partial charge in [0, 0.05) is 12.5 Å². The molecule has 0 spiro atoms. The van der Waals surface area contributed by atoms with Crippen LogP contribution in [0, 0.1) is 6.92 Å². The summed E-state index contributed by atoms with van der Waals surface area (Å²) >= 11 is 0. The molecule has 3 heterocycles. The summed E-state index contributed by atoms with van der Waals surface area (Å²) < 4.78 is 45.9. The second-order valence-electron chi connectivity index (χ2n) is 10.2. The van der Waals surface area contributed by atoms with Gasteiger partial charge in [-0.3, -0.25) is 9.13 Å². The van der Waals surface area contributed by atoms with Gasteiger partial charge in [-0.15, -0.1) is 0 Å². The van der Waals surface area contributed by atoms with E-state index in [9.17, 15) is 33.0 Å². The molecule has 0 amide bonds. The van der Waals surface area contributed by atoms with E-state index in [0.29, 0.717) is 28.4 Å². The first kappa shape index (κ1) is 28.1. The van der Waals surface area contributed by atoms with Crippen molar-refractivity contribution in [2.45, 2.75) is 74.6 Å². The molecule has 15 heteroatoms. The zero-order chi connectivity index (χ0) is 27.9. The molecule has 39 heavy (non-hydrogen) atoms. The fraction of sp³-hybridized carbons (Fsp3) is 0.542. The molecule has 1 saturated heterocycles. The lowest BCUT2D eigenvalue weighted by Gasteiger charge is -2.22. The van der Waals surface area contributed by atoms with Gasteiger partial charge in [-0.2, -0.15) is 0 Å². The Balaban J connectivity index is 1.39. The summed E-state index contributed by atoms with van der Waals surface area (Å²) in [7, 11) is -9.60. The molecule has 2 fully saturated rings. The number of anilines is 1. The van der Waals surface area contributed by atoms with E-state index in [1.165, 1.54) is 10.9 Å². The molecule has 5 rings (SSSR count). The lowest BCUT2D eigenvalue weighted by molar-refractivity contribution is -0.0292. The molecule has 1 saturated carbocycles. The van der Waals surface area contributed by atoms with Crippen molar-refractivity contribution in [2.24, 2.45) is 0 Å². The van der Waals surface area contributed by atoms with Crippen LogP contribution in [-0.4, -0.2) is 83.0 Å². The molecule has 5 atom stereocenters. The van der Waals surface area contributed by atoms with Crippen molar-refractivity contribution in [3.8, 4) is 0 Å². The van der Waals surface area contributed by atoms with Gasteiger partial charge >= 0.3 is 7.60 Å². The number of hydrogen-bond donors (Lipinski definition) is 5. The SMILES string of the molecule is Cc1nc(NC2CCCC2)c2ncn([C@@H]3O[C@H](CS(=O)(=O)C(Cc4ccccc4)P(=O)(O)O)[C@@H](O)[C@H]3O)c2n1. The maximum atomic E-state index is 13.2. The van der Waals surface area contributed by atoms with Gasteiger partial charge in [0.25, 0.3) is 0 Å². The number of imidazole rings is 1. The number of aliphatic hydroxyl groups excluding tert-OH is 2. The minimum absolute atomic E-state index is 0.259. The van der Waals surface area contributed by atoms with Crippen molar-refractivity contribution in [2.75, 3.05) is 11.1 Å². The number of sulfone groups is 1. The van der Waals surface area contributed by atoms with Crippen LogP contribution in [0.2, 0.25) is 0 Å². The Morgan fingerprint density at radius 2 is 1.82 bits per heavy atom. The van der Waals surface area contributed by atoms with Gasteiger partial charge in [0.05, 0.1) is 12.1 Å². The topological polar surface area (TPSA) is 197 Å². The van der Waals surface area contributed by atoms with Crippen molar-refractivity contribution in [3.05, 3.63) is 48.0 Å². The smallest absolute Gasteiger partial charge is 0.343 e. The molecule has 13 nitrogen and oxygen atoms in total. The Morgan fingerprint density at radius 3 is 2.49 bits per heavy atom. The third-order valence-electron chi connectivity index (χ3n) is 7.28. The van der Waals surface area contributed by atoms with Crippen LogP contribution in [0.1, 0.15) is 43.3 Å². The lowest BCUT2D eigenvalue weighted by atomic mass is 10.1. The molecular formula is C24H32N5O8PS. The predicted molar refractivity (Wildman–Crippen MR) is 142 cm³/mol. The van der Waals surface area contributed by atoms with Crippen molar-refractivity contribution < 1.29 is 37.7 Å². The first-order valence-corrected chi connectivity index (χ1v) is 16.1. The zero-order valence-corrected chi connectivity index (χ0v) is 22.9. The van der Waals surface area contributed by atoms with Gasteiger partial charge in [-0.25, -0.2) is 23.4 Å². The highest BCUT2D eigenvalue weighted by molar-refractivity contribution is 7.98. The maximum absolute atomic E-state index is 13.2. The molecule has 0 bridgehead atoms. The van der Waals surface area contributed by atoms with Gasteiger partial charge in [0.2, 0.25) is 0 Å². The summed E-state index contributed by atoms with van der Waals surface area (Å²) in [6.45, 7) is 1.71. The average molecular weight is 582 g/mol. The van der Waals surface area contributed by atoms with Crippen molar-refractivity contribution in [1.82, 2.24) is 19.5 Å². The minimum atomic E-state index is -5.10. The van der Waals surface area contributed by atoms with Gasteiger partial charge < -0.3 is 30.1 Å². The number of aliphatic hydroxyl groups is 2. The van der Waals surface area contributed by atoms with E-state index in [4.69, 9.17) is 4.74 Å². The van der Waals surface area contributed by atoms with E-state index in [0.717, 1.165) is 25.7 Å². The molecule has 0 radical (unpaired) electrons. The lowest BCUT2D eigenvalue weighted by Crippen LogP contribution is -2.38. The largest absolute Gasteiger partial charge is 0.387 e. The number of nitrogens with zero attached hydrogens (tertiary/aromatic N) is 4. The highest BCUT2D eigenvalue weighted by Gasteiger charge is 2.49. The Kier molecular flexibility index (Phi) is 7.81. The molecule has 1 aliphatic heterocycles. The molecular weight excluding hydrogens is 549 g/mol. The first-order chi connectivity index (χ1) is 18.4. The van der Waals surface area contributed by atoms with Crippen molar-refractivity contribution >= 4 is 34.4 Å². The number of aryl methyl sites for hydroxylation is 1. The van der Waals surface area contributed by atoms with Crippen LogP contribution in [0.25, 0.3) is 11.2 Å². The number of nitrogens with one attached hydrogen (secondary N) is 1. The Labute approximate surface area is 225 Å². The summed E-state index contributed by atoms with van der Waals surface area (Å²) in [5.74, 6) is 0.0856. The van der Waals surface area contributed by atoms with Crippen LogP contribution in [0.5, 0.6) is 0 Å². The van der Waals surface area contributed by atoms with E-state index >= 15 is 0 Å². The monoisotopic (exact) mass is 581 g/mol. The fourth-order valence-electron chi connectivity index (χ4n) is 5.28. The normalized spacial score (nSPS) is 25.4. The number of benzene rings is 1. The highest BCUT2D eigenvalue weighted by Crippen LogP contribution is 2.47. The summed E-state index contributed by atoms with van der Waals surface area (Å²) in [6.07, 6.45) is -0.642. The third kappa shape index (κ3) is 5.87. The van der Waals surface area contributed by atoms with Gasteiger partial charge in [0.1, 0.15) is 24.1 Å². The van der Waals surface area contributed by atoms with Crippen LogP contribution < -0.4 is 5.32 Å². The number of rotatable bonds is 9. The van der Waals surface area contributed by atoms with Crippen LogP contribution in [0.4, 0.5) is 5.82 Å². The van der Waals surface area contributed by atoms with Crippen LogP contribution in [0.3, 0.4) is 0 Å². The molecule has 212 valence electrons. The molecule has 3 aromatic rings. The Hall–Kier alpha value is -2.45. The molecule has 1 unspecified atom stereocenters. The van der Waals surface area contributed by atoms with E-state index in [-0.39, 0.29) is 6.04 Å². The Bertz CT molecular complexity index is 1470. The van der Waals surface area contributed by atoms with Gasteiger partial charge in [0.15, 0.2) is 38.0 Å². The van der Waals surface area contributed by atoms with E-state index in [1.807, 2.05) is 0 Å². The summed E-state index contributed by atoms with van der Waals surface area (Å²) in [4.78, 5) is 31.0. The van der Waals surface area contributed by atoms with Crippen LogP contribution in [0.15, 0.2) is 36.7 Å². The number of aromatic nitrogens is 4. The molecule has 2 aliphatic rings. The standard InChI is InChI=1S/C24H32N5O8PS/c1-14-26-22(28-16-9-5-6-10-16)19-23(27-14)29(13-25-19)24-21(31)20(30)17(37-24)12-39(35,36)18(38(32,33)34)11-15-7-3-2-4-8-15/h2-4,7-8,13,16-18,20-21,24,30-31H,5-6,9-12H2,1H3,(H,26,27,28)(H2,32,33,34)/t17-,18?,20-,21-,24-/m1/s1. The van der Waals surface area contributed by atoms with Crippen molar-refractivity contribution in [3.63, 3.8) is 0 Å². The van der Waals surface area contributed by atoms with E-state index < -0.39 is 59.1 Å².